The number of hydroxylamine groups is 2. The number of esters is 1. The van der Waals surface area contributed by atoms with Crippen LogP contribution in [-0.4, -0.2) is 42.0 Å². The number of ether oxygens (including phenoxy) is 1. The molecule has 6 heteroatoms. The Morgan fingerprint density at radius 3 is 2.53 bits per heavy atom. The van der Waals surface area contributed by atoms with Crippen LogP contribution >= 0.6 is 0 Å². The van der Waals surface area contributed by atoms with Gasteiger partial charge in [-0.3, -0.25) is 9.63 Å². The highest BCUT2D eigenvalue weighted by Gasteiger charge is 2.36. The first-order valence-electron chi connectivity index (χ1n) is 5.88. The van der Waals surface area contributed by atoms with E-state index in [-0.39, 0.29) is 23.7 Å². The lowest BCUT2D eigenvalue weighted by Crippen LogP contribution is -2.37. The monoisotopic (exact) mass is 265 g/mol. The van der Waals surface area contributed by atoms with E-state index in [9.17, 15) is 14.7 Å². The molecule has 6 nitrogen and oxygen atoms in total. The second-order valence-electron chi connectivity index (χ2n) is 4.35. The minimum atomic E-state index is -1.02. The number of aliphatic hydroxyl groups excluding tert-OH is 1. The molecule has 0 aromatic heterocycles. The molecule has 1 saturated heterocycles. The molecule has 1 heterocycles. The van der Waals surface area contributed by atoms with Crippen molar-refractivity contribution < 1.29 is 24.3 Å². The number of rotatable bonds is 2. The zero-order valence-electron chi connectivity index (χ0n) is 10.7. The molecule has 1 N–H and O–H groups in total. The maximum atomic E-state index is 12.3. The van der Waals surface area contributed by atoms with E-state index in [1.54, 1.807) is 19.1 Å². The second-order valence-corrected chi connectivity index (χ2v) is 4.35. The highest BCUT2D eigenvalue weighted by molar-refractivity contribution is 6.05. The molecule has 0 bridgehead atoms. The van der Waals surface area contributed by atoms with Gasteiger partial charge in [-0.1, -0.05) is 19.1 Å². The van der Waals surface area contributed by atoms with E-state index in [0.29, 0.717) is 0 Å². The Kier molecular flexibility index (Phi) is 3.82. The van der Waals surface area contributed by atoms with Crippen LogP contribution in [0.2, 0.25) is 0 Å². The van der Waals surface area contributed by atoms with Crippen molar-refractivity contribution in [2.24, 2.45) is 5.92 Å². The van der Waals surface area contributed by atoms with Crippen molar-refractivity contribution in [1.29, 1.82) is 0 Å². The van der Waals surface area contributed by atoms with E-state index < -0.39 is 18.1 Å². The molecule has 19 heavy (non-hydrogen) atoms. The fourth-order valence-corrected chi connectivity index (χ4v) is 1.85. The molecule has 2 atom stereocenters. The quantitative estimate of drug-likeness (QED) is 0.801. The fourth-order valence-electron chi connectivity index (χ4n) is 1.85. The first-order valence-corrected chi connectivity index (χ1v) is 5.88. The van der Waals surface area contributed by atoms with Gasteiger partial charge in [-0.25, -0.2) is 4.79 Å². The number of aliphatic hydroxyl groups is 1. The Balaban J connectivity index is 2.32. The summed E-state index contributed by atoms with van der Waals surface area (Å²) >= 11 is 0. The summed E-state index contributed by atoms with van der Waals surface area (Å²) in [6, 6.07) is 6.25. The highest BCUT2D eigenvalue weighted by Crippen LogP contribution is 2.22. The maximum absolute atomic E-state index is 12.3. The van der Waals surface area contributed by atoms with Crippen molar-refractivity contribution in [2.75, 3.05) is 13.7 Å². The number of hydrogen-bond donors (Lipinski definition) is 1. The Morgan fingerprint density at radius 2 is 2.00 bits per heavy atom. The van der Waals surface area contributed by atoms with Gasteiger partial charge in [0.15, 0.2) is 6.23 Å². The SMILES string of the molecule is COC(=O)c1ccccc1C(=O)N1OC[C@H](C)C1O. The first kappa shape index (κ1) is 13.5. The average molecular weight is 265 g/mol. The Morgan fingerprint density at radius 1 is 1.37 bits per heavy atom. The number of benzene rings is 1. The van der Waals surface area contributed by atoms with E-state index in [4.69, 9.17) is 4.84 Å². The van der Waals surface area contributed by atoms with E-state index in [1.165, 1.54) is 19.2 Å². The molecule has 102 valence electrons. The van der Waals surface area contributed by atoms with Gasteiger partial charge < -0.3 is 9.84 Å². The summed E-state index contributed by atoms with van der Waals surface area (Å²) in [7, 11) is 1.24. The molecular formula is C13H15NO5. The summed E-state index contributed by atoms with van der Waals surface area (Å²) in [6.07, 6.45) is -1.02. The normalized spacial score (nSPS) is 22.4. The van der Waals surface area contributed by atoms with Gasteiger partial charge in [0.2, 0.25) is 0 Å². The standard InChI is InChI=1S/C13H15NO5/c1-8-7-19-14(11(8)15)12(16)9-5-3-4-6-10(9)13(17)18-2/h3-6,8,11,15H,7H2,1-2H3/t8-,11?/m0/s1. The van der Waals surface area contributed by atoms with Crippen LogP contribution in [0.25, 0.3) is 0 Å². The molecule has 1 aliphatic heterocycles. The Bertz CT molecular complexity index is 502. The van der Waals surface area contributed by atoms with Crippen LogP contribution in [0, 0.1) is 5.92 Å². The molecule has 1 aliphatic rings. The number of carbonyl (C=O) groups excluding carboxylic acids is 2. The highest BCUT2D eigenvalue weighted by atomic mass is 16.7. The smallest absolute Gasteiger partial charge is 0.338 e. The lowest BCUT2D eigenvalue weighted by molar-refractivity contribution is -0.143. The van der Waals surface area contributed by atoms with Crippen LogP contribution in [0.15, 0.2) is 24.3 Å². The van der Waals surface area contributed by atoms with Gasteiger partial charge in [0.1, 0.15) is 0 Å². The average Bonchev–Trinajstić information content (AvgIpc) is 2.77. The van der Waals surface area contributed by atoms with Gasteiger partial charge >= 0.3 is 5.97 Å². The van der Waals surface area contributed by atoms with Crippen LogP contribution in [0.3, 0.4) is 0 Å². The third kappa shape index (κ3) is 2.45. The number of methoxy groups -OCH3 is 1. The van der Waals surface area contributed by atoms with Gasteiger partial charge in [0, 0.05) is 5.92 Å². The summed E-state index contributed by atoms with van der Waals surface area (Å²) in [5.41, 5.74) is 0.285. The van der Waals surface area contributed by atoms with Crippen molar-refractivity contribution in [3.63, 3.8) is 0 Å². The van der Waals surface area contributed by atoms with E-state index in [2.05, 4.69) is 4.74 Å². The van der Waals surface area contributed by atoms with Gasteiger partial charge in [0.25, 0.3) is 5.91 Å². The summed E-state index contributed by atoms with van der Waals surface area (Å²) < 4.78 is 4.62. The predicted octanol–water partition coefficient (Wildman–Crippen LogP) is 0.815. The topological polar surface area (TPSA) is 76.1 Å². The Hall–Kier alpha value is -1.92. The van der Waals surface area contributed by atoms with Crippen LogP contribution in [0.1, 0.15) is 27.6 Å². The zero-order valence-corrected chi connectivity index (χ0v) is 10.7. The van der Waals surface area contributed by atoms with Crippen molar-refractivity contribution in [3.8, 4) is 0 Å². The summed E-state index contributed by atoms with van der Waals surface area (Å²) in [5.74, 6) is -1.34. The molecule has 1 amide bonds. The van der Waals surface area contributed by atoms with Crippen molar-refractivity contribution >= 4 is 11.9 Å². The lowest BCUT2D eigenvalue weighted by Gasteiger charge is -2.20. The first-order chi connectivity index (χ1) is 9.06. The molecule has 0 saturated carbocycles. The molecule has 2 rings (SSSR count). The molecule has 0 radical (unpaired) electrons. The fraction of sp³-hybridized carbons (Fsp3) is 0.385. The van der Waals surface area contributed by atoms with Gasteiger partial charge in [-0.05, 0) is 12.1 Å². The van der Waals surface area contributed by atoms with Gasteiger partial charge in [-0.15, -0.1) is 0 Å². The number of nitrogens with zero attached hydrogens (tertiary/aromatic N) is 1. The molecular weight excluding hydrogens is 250 g/mol. The van der Waals surface area contributed by atoms with E-state index >= 15 is 0 Å². The number of carbonyl (C=O) groups is 2. The molecule has 0 spiro atoms. The third-order valence-corrected chi connectivity index (χ3v) is 2.99. The summed E-state index contributed by atoms with van der Waals surface area (Å²) in [5, 5.41) is 10.7. The summed E-state index contributed by atoms with van der Waals surface area (Å²) in [4.78, 5) is 29.0. The van der Waals surface area contributed by atoms with Gasteiger partial charge in [0.05, 0.1) is 24.8 Å². The molecule has 1 unspecified atom stereocenters. The predicted molar refractivity (Wildman–Crippen MR) is 65.1 cm³/mol. The maximum Gasteiger partial charge on any atom is 0.338 e. The van der Waals surface area contributed by atoms with E-state index in [1.807, 2.05) is 0 Å². The molecule has 1 fully saturated rings. The largest absolute Gasteiger partial charge is 0.465 e. The molecule has 1 aromatic rings. The van der Waals surface area contributed by atoms with Crippen molar-refractivity contribution in [1.82, 2.24) is 5.06 Å². The second kappa shape index (κ2) is 5.38. The Labute approximate surface area is 110 Å². The lowest BCUT2D eigenvalue weighted by atomic mass is 10.1. The molecule has 0 aliphatic carbocycles. The van der Waals surface area contributed by atoms with Crippen molar-refractivity contribution in [2.45, 2.75) is 13.2 Å². The van der Waals surface area contributed by atoms with Gasteiger partial charge in [-0.2, -0.15) is 5.06 Å². The minimum absolute atomic E-state index is 0.141. The summed E-state index contributed by atoms with van der Waals surface area (Å²) in [6.45, 7) is 2.03. The van der Waals surface area contributed by atoms with Crippen LogP contribution < -0.4 is 0 Å². The minimum Gasteiger partial charge on any atom is -0.465 e. The number of amides is 1. The number of hydrogen-bond acceptors (Lipinski definition) is 5. The third-order valence-electron chi connectivity index (χ3n) is 2.99. The van der Waals surface area contributed by atoms with E-state index in [0.717, 1.165) is 5.06 Å². The molecule has 1 aromatic carbocycles. The van der Waals surface area contributed by atoms with Crippen LogP contribution in [0.4, 0.5) is 0 Å². The van der Waals surface area contributed by atoms with Crippen molar-refractivity contribution in [3.05, 3.63) is 35.4 Å². The van der Waals surface area contributed by atoms with Crippen LogP contribution in [-0.2, 0) is 9.57 Å². The zero-order chi connectivity index (χ0) is 14.0. The van der Waals surface area contributed by atoms with Crippen LogP contribution in [0.5, 0.6) is 0 Å².